The zero-order valence-electron chi connectivity index (χ0n) is 19.0. The summed E-state index contributed by atoms with van der Waals surface area (Å²) in [6.45, 7) is -0.450. The van der Waals surface area contributed by atoms with E-state index >= 15 is 0 Å². The molecule has 1 aromatic carbocycles. The minimum atomic E-state index is -4.59. The fourth-order valence-corrected chi connectivity index (χ4v) is 4.94. The third kappa shape index (κ3) is 5.98. The molecule has 0 unspecified atom stereocenters. The second-order valence-electron chi connectivity index (χ2n) is 7.86. The zero-order valence-corrected chi connectivity index (χ0v) is 21.3. The molecular weight excluding hydrogens is 571 g/mol. The van der Waals surface area contributed by atoms with Crippen molar-refractivity contribution in [3.63, 3.8) is 0 Å². The van der Waals surface area contributed by atoms with Crippen molar-refractivity contribution in [3.8, 4) is 16.3 Å². The molecule has 3 N–H and O–H groups in total. The summed E-state index contributed by atoms with van der Waals surface area (Å²) < 4.78 is 54.5. The van der Waals surface area contributed by atoms with Crippen LogP contribution in [-0.2, 0) is 0 Å². The van der Waals surface area contributed by atoms with Crippen LogP contribution < -0.4 is 10.6 Å². The Balaban J connectivity index is 1.64. The first-order valence-corrected chi connectivity index (χ1v) is 12.4. The van der Waals surface area contributed by atoms with Crippen molar-refractivity contribution in [2.24, 2.45) is 0 Å². The highest BCUT2D eigenvalue weighted by molar-refractivity contribution is 7.19. The predicted octanol–water partition coefficient (Wildman–Crippen LogP) is 6.55. The Morgan fingerprint density at radius 1 is 1.08 bits per heavy atom. The lowest BCUT2D eigenvalue weighted by molar-refractivity contribution is -0.0899. The summed E-state index contributed by atoms with van der Waals surface area (Å²) in [6.07, 6.45) is -1.53. The van der Waals surface area contributed by atoms with Gasteiger partial charge in [-0.05, 0) is 36.6 Å². The average Bonchev–Trinajstić information content (AvgIpc) is 3.28. The molecule has 1 aliphatic carbocycles. The number of nitrogens with zero attached hydrogens (tertiary/aromatic N) is 2. The number of pyridine rings is 1. The van der Waals surface area contributed by atoms with Crippen molar-refractivity contribution in [2.45, 2.75) is 19.0 Å². The van der Waals surface area contributed by atoms with Crippen molar-refractivity contribution in [1.82, 2.24) is 15.3 Å². The fraction of sp³-hybridized carbons (Fsp3) is 0.167. The number of nitrogens with one attached hydrogen (secondary N) is 2. The first-order chi connectivity index (χ1) is 18.0. The van der Waals surface area contributed by atoms with E-state index in [0.717, 1.165) is 23.5 Å². The summed E-state index contributed by atoms with van der Waals surface area (Å²) in [5.41, 5.74) is -1.57. The first kappa shape index (κ1) is 27.6. The SMILES string of the molecule is O=C(Nc1sc(-c2ccccc2F)nc1C(=O)NCC1=CCCC=C1C(F)(F)F)c1cc(Cl)c(O)c(Cl)n1. The first-order valence-electron chi connectivity index (χ1n) is 10.8. The van der Waals surface area contributed by atoms with E-state index in [1.54, 1.807) is 6.07 Å². The van der Waals surface area contributed by atoms with Crippen LogP contribution in [0.2, 0.25) is 10.2 Å². The molecule has 4 rings (SSSR count). The van der Waals surface area contributed by atoms with Gasteiger partial charge in [0.15, 0.2) is 16.6 Å². The second kappa shape index (κ2) is 11.1. The number of alkyl halides is 3. The normalized spacial score (nSPS) is 13.5. The molecule has 2 aromatic heterocycles. The van der Waals surface area contributed by atoms with Crippen molar-refractivity contribution in [1.29, 1.82) is 0 Å². The van der Waals surface area contributed by atoms with Gasteiger partial charge in [0.05, 0.1) is 10.6 Å². The number of benzene rings is 1. The van der Waals surface area contributed by atoms with Crippen molar-refractivity contribution >= 4 is 51.4 Å². The van der Waals surface area contributed by atoms with Crippen molar-refractivity contribution in [2.75, 3.05) is 11.9 Å². The van der Waals surface area contributed by atoms with Crippen LogP contribution in [0.25, 0.3) is 10.6 Å². The van der Waals surface area contributed by atoms with Gasteiger partial charge >= 0.3 is 6.18 Å². The van der Waals surface area contributed by atoms with Gasteiger partial charge in [0.25, 0.3) is 11.8 Å². The fourth-order valence-electron chi connectivity index (χ4n) is 3.52. The topological polar surface area (TPSA) is 104 Å². The highest BCUT2D eigenvalue weighted by Crippen LogP contribution is 2.36. The molecule has 38 heavy (non-hydrogen) atoms. The molecule has 2 heterocycles. The number of halogens is 6. The van der Waals surface area contributed by atoms with Gasteiger partial charge in [0.1, 0.15) is 21.5 Å². The Hall–Kier alpha value is -3.48. The van der Waals surface area contributed by atoms with E-state index < -0.39 is 46.8 Å². The van der Waals surface area contributed by atoms with E-state index in [9.17, 15) is 32.3 Å². The largest absolute Gasteiger partial charge is 0.504 e. The summed E-state index contributed by atoms with van der Waals surface area (Å²) in [5.74, 6) is -2.96. The van der Waals surface area contributed by atoms with Crippen LogP contribution >= 0.6 is 34.5 Å². The van der Waals surface area contributed by atoms with Crippen LogP contribution in [-0.4, -0.2) is 39.6 Å². The lowest BCUT2D eigenvalue weighted by atomic mass is 9.97. The van der Waals surface area contributed by atoms with Gasteiger partial charge in [0.2, 0.25) is 0 Å². The lowest BCUT2D eigenvalue weighted by Gasteiger charge is -2.19. The Kier molecular flexibility index (Phi) is 8.05. The molecule has 0 spiro atoms. The van der Waals surface area contributed by atoms with Crippen LogP contribution in [0.15, 0.2) is 53.6 Å². The summed E-state index contributed by atoms with van der Waals surface area (Å²) in [4.78, 5) is 33.8. The molecule has 0 saturated carbocycles. The van der Waals surface area contributed by atoms with E-state index in [4.69, 9.17) is 23.2 Å². The quantitative estimate of drug-likeness (QED) is 0.224. The van der Waals surface area contributed by atoms with Gasteiger partial charge in [0, 0.05) is 12.1 Å². The van der Waals surface area contributed by atoms with Crippen LogP contribution in [0.4, 0.5) is 22.6 Å². The van der Waals surface area contributed by atoms with E-state index in [1.165, 1.54) is 24.3 Å². The highest BCUT2D eigenvalue weighted by Gasteiger charge is 2.36. The number of amides is 2. The van der Waals surface area contributed by atoms with E-state index in [2.05, 4.69) is 20.6 Å². The molecule has 3 aromatic rings. The second-order valence-corrected chi connectivity index (χ2v) is 9.63. The number of thiazole rings is 1. The number of aromatic hydroxyl groups is 1. The van der Waals surface area contributed by atoms with Crippen LogP contribution in [0.3, 0.4) is 0 Å². The molecule has 2 amide bonds. The minimum absolute atomic E-state index is 0.0334. The molecule has 7 nitrogen and oxygen atoms in total. The zero-order chi connectivity index (χ0) is 27.6. The number of allylic oxidation sites excluding steroid dienone is 2. The number of carbonyl (C=O) groups excluding carboxylic acids is 2. The molecular formula is C24H16Cl2F4N4O3S. The minimum Gasteiger partial charge on any atom is -0.504 e. The summed E-state index contributed by atoms with van der Waals surface area (Å²) in [6, 6.07) is 6.63. The van der Waals surface area contributed by atoms with Gasteiger partial charge in [-0.25, -0.2) is 14.4 Å². The third-order valence-corrected chi connectivity index (χ3v) is 6.86. The predicted molar refractivity (Wildman–Crippen MR) is 135 cm³/mol. The Bertz CT molecular complexity index is 1460. The molecule has 0 fully saturated rings. The maximum Gasteiger partial charge on any atom is 0.416 e. The third-order valence-electron chi connectivity index (χ3n) is 5.31. The van der Waals surface area contributed by atoms with E-state index in [-0.39, 0.29) is 44.0 Å². The molecule has 198 valence electrons. The van der Waals surface area contributed by atoms with Gasteiger partial charge in [-0.3, -0.25) is 9.59 Å². The van der Waals surface area contributed by atoms with Gasteiger partial charge in [-0.1, -0.05) is 58.8 Å². The Morgan fingerprint density at radius 2 is 1.79 bits per heavy atom. The number of hydrogen-bond donors (Lipinski definition) is 3. The van der Waals surface area contributed by atoms with E-state index in [1.807, 2.05) is 0 Å². The summed E-state index contributed by atoms with van der Waals surface area (Å²) >= 11 is 12.4. The maximum absolute atomic E-state index is 14.4. The number of anilines is 1. The van der Waals surface area contributed by atoms with Crippen LogP contribution in [0.1, 0.15) is 33.8 Å². The molecule has 0 saturated heterocycles. The molecule has 0 aliphatic heterocycles. The van der Waals surface area contributed by atoms with Gasteiger partial charge in [-0.15, -0.1) is 0 Å². The van der Waals surface area contributed by atoms with Crippen molar-refractivity contribution in [3.05, 3.63) is 81.0 Å². The van der Waals surface area contributed by atoms with Crippen LogP contribution in [0, 0.1) is 5.82 Å². The monoisotopic (exact) mass is 586 g/mol. The van der Waals surface area contributed by atoms with Crippen molar-refractivity contribution < 1.29 is 32.3 Å². The van der Waals surface area contributed by atoms with Gasteiger partial charge in [-0.2, -0.15) is 13.2 Å². The molecule has 1 aliphatic rings. The standard InChI is InChI=1S/C24H16Cl2F4N4O3S/c25-14-9-16(32-19(26)18(14)35)20(36)34-23-17(33-22(38-23)12-6-2-4-8-15(12)27)21(37)31-10-11-5-1-3-7-13(11)24(28,29)30/h2,4-9,35H,1,3,10H2,(H,31,37)(H,34,36). The lowest BCUT2D eigenvalue weighted by Crippen LogP contribution is -2.30. The Labute approximate surface area is 226 Å². The number of aromatic nitrogens is 2. The smallest absolute Gasteiger partial charge is 0.416 e. The molecule has 0 atom stereocenters. The number of carbonyl (C=O) groups is 2. The Morgan fingerprint density at radius 3 is 2.47 bits per heavy atom. The molecule has 14 heteroatoms. The van der Waals surface area contributed by atoms with Gasteiger partial charge < -0.3 is 15.7 Å². The molecule has 0 radical (unpaired) electrons. The maximum atomic E-state index is 14.4. The summed E-state index contributed by atoms with van der Waals surface area (Å²) in [7, 11) is 0. The average molecular weight is 587 g/mol. The highest BCUT2D eigenvalue weighted by atomic mass is 35.5. The molecule has 0 bridgehead atoms. The van der Waals surface area contributed by atoms with E-state index in [0.29, 0.717) is 6.42 Å². The number of hydrogen-bond acceptors (Lipinski definition) is 6. The number of rotatable bonds is 6. The summed E-state index contributed by atoms with van der Waals surface area (Å²) in [5, 5.41) is 13.7. The van der Waals surface area contributed by atoms with Crippen LogP contribution in [0.5, 0.6) is 5.75 Å².